The Balaban J connectivity index is 0.00000218. The first kappa shape index (κ1) is 55.6. The number of amides is 2. The number of fused-ring (bicyclic) bond motifs is 6. The van der Waals surface area contributed by atoms with Crippen molar-refractivity contribution in [2.75, 3.05) is 65.1 Å². The van der Waals surface area contributed by atoms with Crippen molar-refractivity contribution in [1.29, 1.82) is 0 Å². The number of benzene rings is 1. The molecule has 2 N–H and O–H groups in total. The minimum atomic E-state index is -0.948. The summed E-state index contributed by atoms with van der Waals surface area (Å²) in [5.74, 6) is -1.89. The fourth-order valence-electron chi connectivity index (χ4n) is 8.86. The molecule has 356 valence electrons. The topological polar surface area (TPSA) is 134 Å². The van der Waals surface area contributed by atoms with E-state index in [-0.39, 0.29) is 104 Å². The van der Waals surface area contributed by atoms with Crippen LogP contribution in [0.2, 0.25) is 0 Å². The molecule has 1 aromatic carbocycles. The highest BCUT2D eigenvalue weighted by Crippen LogP contribution is 2.43. The molecule has 1 aliphatic carbocycles. The summed E-state index contributed by atoms with van der Waals surface area (Å²) in [6.07, 6.45) is 4.02. The number of carbonyl (C=O) groups excluding carboxylic acids is 3. The summed E-state index contributed by atoms with van der Waals surface area (Å²) in [6, 6.07) is 7.06. The number of thiazole rings is 1. The number of cyclic esters (lactones) is 1. The van der Waals surface area contributed by atoms with Crippen LogP contribution >= 0.6 is 78.8 Å². The van der Waals surface area contributed by atoms with Crippen LogP contribution < -0.4 is 15.6 Å². The summed E-state index contributed by atoms with van der Waals surface area (Å²) >= 11 is 1.44. The Morgan fingerprint density at radius 1 is 1.09 bits per heavy atom. The second-order valence-electron chi connectivity index (χ2n) is 17.5. The molecule has 20 heteroatoms. The van der Waals surface area contributed by atoms with Gasteiger partial charge in [0.15, 0.2) is 0 Å². The number of ether oxygens (including phenoxy) is 2. The van der Waals surface area contributed by atoms with Crippen molar-refractivity contribution in [1.82, 2.24) is 35.2 Å². The highest BCUT2D eigenvalue weighted by atomic mass is 32.1. The van der Waals surface area contributed by atoms with Crippen molar-refractivity contribution in [2.24, 2.45) is 17.3 Å². The van der Waals surface area contributed by atoms with Gasteiger partial charge >= 0.3 is 5.97 Å². The van der Waals surface area contributed by atoms with Gasteiger partial charge in [0.25, 0.3) is 5.91 Å². The van der Waals surface area contributed by atoms with Gasteiger partial charge in [-0.2, -0.15) is 67.5 Å². The Morgan fingerprint density at radius 2 is 1.83 bits per heavy atom. The Hall–Kier alpha value is -2.69. The second-order valence-corrected chi connectivity index (χ2v) is 18.5. The Kier molecular flexibility index (Phi) is 20.3. The van der Waals surface area contributed by atoms with Crippen LogP contribution in [0.3, 0.4) is 0 Å². The van der Waals surface area contributed by atoms with Crippen LogP contribution in [-0.4, -0.2) is 114 Å². The molecule has 8 rings (SSSR count). The number of alkyl halides is 1. The van der Waals surface area contributed by atoms with Crippen molar-refractivity contribution in [2.45, 2.75) is 84.5 Å². The number of pyridine rings is 1. The minimum Gasteiger partial charge on any atom is -0.464 e. The molecule has 5 atom stereocenters. The number of hydrazine groups is 1. The highest BCUT2D eigenvalue weighted by molar-refractivity contribution is 7.60. The normalized spacial score (nSPS) is 22.5. The van der Waals surface area contributed by atoms with Gasteiger partial charge in [-0.05, 0) is 76.3 Å². The summed E-state index contributed by atoms with van der Waals surface area (Å²) < 4.78 is 27.8. The molecule has 0 radical (unpaired) electrons. The monoisotopic (exact) mass is 998 g/mol. The molecular formula is C44H67FN8O5S6. The average molecular weight is 999 g/mol. The van der Waals surface area contributed by atoms with Crippen molar-refractivity contribution < 1.29 is 28.2 Å². The molecule has 6 heterocycles. The molecule has 4 aliphatic rings. The van der Waals surface area contributed by atoms with Crippen LogP contribution in [0.4, 0.5) is 10.1 Å². The van der Waals surface area contributed by atoms with E-state index < -0.39 is 36.1 Å². The van der Waals surface area contributed by atoms with Crippen LogP contribution in [0.5, 0.6) is 0 Å². The van der Waals surface area contributed by atoms with E-state index in [1.54, 1.807) is 7.11 Å². The zero-order valence-electron chi connectivity index (χ0n) is 37.6. The van der Waals surface area contributed by atoms with Crippen LogP contribution in [0.1, 0.15) is 69.3 Å². The van der Waals surface area contributed by atoms with E-state index in [1.807, 2.05) is 18.5 Å². The predicted octanol–water partition coefficient (Wildman–Crippen LogP) is 6.12. The number of esters is 1. The lowest BCUT2D eigenvalue weighted by atomic mass is 9.84. The molecule has 3 aromatic heterocycles. The number of hydrogen-bond acceptors (Lipinski definition) is 11. The zero-order chi connectivity index (χ0) is 41.6. The number of aromatic nitrogens is 3. The summed E-state index contributed by atoms with van der Waals surface area (Å²) in [6.45, 7) is 12.9. The zero-order valence-corrected chi connectivity index (χ0v) is 43.4. The van der Waals surface area contributed by atoms with Crippen molar-refractivity contribution >= 4 is 113 Å². The van der Waals surface area contributed by atoms with Crippen molar-refractivity contribution in [3.63, 3.8) is 0 Å². The first-order valence-corrected chi connectivity index (χ1v) is 21.9. The van der Waals surface area contributed by atoms with E-state index in [0.717, 1.165) is 76.5 Å². The predicted molar refractivity (Wildman–Crippen MR) is 279 cm³/mol. The third-order valence-corrected chi connectivity index (χ3v) is 13.4. The summed E-state index contributed by atoms with van der Waals surface area (Å²) in [4.78, 5) is 56.0. The maximum atomic E-state index is 14.1. The van der Waals surface area contributed by atoms with E-state index in [4.69, 9.17) is 19.4 Å². The van der Waals surface area contributed by atoms with E-state index in [0.29, 0.717) is 43.8 Å². The maximum Gasteiger partial charge on any atom is 0.324 e. The molecule has 3 fully saturated rings. The Bertz CT molecular complexity index is 2240. The molecule has 13 nitrogen and oxygen atoms in total. The number of likely N-dealkylation sites (N-methyl/N-ethyl adjacent to an activating group) is 1. The van der Waals surface area contributed by atoms with E-state index in [9.17, 15) is 18.8 Å². The fraction of sp³-hybridized carbons (Fsp3) is 0.568. The van der Waals surface area contributed by atoms with Gasteiger partial charge in [0.05, 0.1) is 53.4 Å². The average Bonchev–Trinajstić information content (AvgIpc) is 3.80. The van der Waals surface area contributed by atoms with E-state index >= 15 is 0 Å². The van der Waals surface area contributed by atoms with Gasteiger partial charge in [-0.25, -0.2) is 10.4 Å². The number of rotatable bonds is 8. The number of anilines is 1. The van der Waals surface area contributed by atoms with Crippen LogP contribution in [0.25, 0.3) is 33.4 Å². The maximum absolute atomic E-state index is 14.1. The quantitative estimate of drug-likeness (QED) is 0.199. The van der Waals surface area contributed by atoms with Gasteiger partial charge in [0.1, 0.15) is 12.1 Å². The lowest BCUT2D eigenvalue weighted by Crippen LogP contribution is -2.60. The minimum absolute atomic E-state index is 0. The summed E-state index contributed by atoms with van der Waals surface area (Å²) in [5, 5.41) is 8.12. The summed E-state index contributed by atoms with van der Waals surface area (Å²) in [7, 11) is 3.87. The molecular weight excluding hydrogens is 932 g/mol. The van der Waals surface area contributed by atoms with E-state index in [1.165, 1.54) is 16.3 Å². The first-order valence-electron chi connectivity index (χ1n) is 21.0. The molecule has 6 bridgehead atoms. The Morgan fingerprint density at radius 3 is 2.50 bits per heavy atom. The number of nitrogens with one attached hydrogen (secondary N) is 2. The molecule has 3 aliphatic heterocycles. The third kappa shape index (κ3) is 11.7. The van der Waals surface area contributed by atoms with Crippen molar-refractivity contribution in [3.8, 4) is 22.5 Å². The third-order valence-electron chi connectivity index (χ3n) is 12.5. The van der Waals surface area contributed by atoms with Crippen molar-refractivity contribution in [3.05, 3.63) is 52.1 Å². The highest BCUT2D eigenvalue weighted by Gasteiger charge is 2.45. The van der Waals surface area contributed by atoms with Crippen LogP contribution in [0.15, 0.2) is 35.8 Å². The smallest absolute Gasteiger partial charge is 0.324 e. The molecule has 2 saturated heterocycles. The molecule has 0 unspecified atom stereocenters. The number of hydrogen-bond donors (Lipinski definition) is 2. The largest absolute Gasteiger partial charge is 0.464 e. The molecule has 1 saturated carbocycles. The van der Waals surface area contributed by atoms with Gasteiger partial charge in [-0.15, -0.1) is 11.3 Å². The number of carbonyl (C=O) groups is 3. The van der Waals surface area contributed by atoms with E-state index in [2.05, 4.69) is 77.2 Å². The number of halogens is 1. The SMILES string of the molecule is CCn1c(-c2cc(N3CCN(C)CC3)cnc2[C@H](C)OC)c2c3cc(ccc31)-c1csc(n1)C[C@H](NC(=O)[C@H]1C[C@@H]1CF)C(=O)N1CCC[C@H](N1)C(=O)OCC(C)(C)C2.S.S.S.S.S. The number of methoxy groups -OCH3 is 1. The number of aryl methyl sites for hydroxylation is 1. The molecule has 4 aromatic rings. The van der Waals surface area contributed by atoms with Crippen LogP contribution in [0, 0.1) is 17.3 Å². The van der Waals surface area contributed by atoms with Gasteiger partial charge in [0.2, 0.25) is 5.91 Å². The van der Waals surface area contributed by atoms with Gasteiger partial charge in [0, 0.05) is 91.5 Å². The number of piperazine rings is 1. The van der Waals surface area contributed by atoms with Crippen LogP contribution in [-0.2, 0) is 43.2 Å². The molecule has 0 spiro atoms. The van der Waals surface area contributed by atoms with Gasteiger partial charge in [-0.3, -0.25) is 28.8 Å². The number of nitrogens with zero attached hydrogens (tertiary/aromatic N) is 6. The second kappa shape index (κ2) is 23.4. The van der Waals surface area contributed by atoms with Gasteiger partial charge in [-0.1, -0.05) is 19.9 Å². The lowest BCUT2D eigenvalue weighted by Gasteiger charge is -2.35. The molecule has 64 heavy (non-hydrogen) atoms. The summed E-state index contributed by atoms with van der Waals surface area (Å²) in [5.41, 5.74) is 10.6. The van der Waals surface area contributed by atoms with Gasteiger partial charge < -0.3 is 29.2 Å². The lowest BCUT2D eigenvalue weighted by molar-refractivity contribution is -0.155. The first-order chi connectivity index (χ1) is 28.4. The Labute approximate surface area is 415 Å². The molecule has 2 amide bonds. The fourth-order valence-corrected chi connectivity index (χ4v) is 9.71. The standard InChI is InChI=1S/C44H57FN8O5S.5H2S/c1-7-52-37-11-10-27-17-31(37)33(40(52)32-19-29(23-46-39(32)26(2)57-6)51-15-13-50(5)14-16-51)21-44(3,4)25-58-43(56)34-9-8-12-53(49-34)42(55)35(20-38-47-36(27)24-59-38)48-41(54)30-18-28(30)22-45;;;;;/h10-11,17,19,23-24,26,28,30,34-35,49H,7-9,12-16,18,20-22,25H2,1-6H3,(H,48,54);5*1H2/t26-,28+,30-,34-,35-;;;;;/m0...../s1.